The van der Waals surface area contributed by atoms with Crippen molar-refractivity contribution < 1.29 is 26.6 Å². The molecule has 2 fully saturated rings. The molecule has 176 valence electrons. The lowest BCUT2D eigenvalue weighted by atomic mass is 10.0. The van der Waals surface area contributed by atoms with Crippen LogP contribution in [0.3, 0.4) is 0 Å². The Morgan fingerprint density at radius 3 is 2.82 bits per heavy atom. The molecule has 3 aliphatic heterocycles. The van der Waals surface area contributed by atoms with Gasteiger partial charge in [-0.2, -0.15) is 0 Å². The zero-order valence-electron chi connectivity index (χ0n) is 20.8. The molecule has 1 atom stereocenters. The number of carbonyl (C=O) groups is 3. The number of amides is 3. The molecule has 34 heavy (non-hydrogen) atoms. The SMILES string of the molecule is [2H]c1cc(CN2CCOCC2=O)c([2H])cc1COc1cccc2c1CN(C1CCC(=C)NC1=O)C2=O. The van der Waals surface area contributed by atoms with Gasteiger partial charge >= 0.3 is 0 Å². The van der Waals surface area contributed by atoms with E-state index < -0.39 is 6.04 Å². The molecule has 0 radical (unpaired) electrons. The van der Waals surface area contributed by atoms with Gasteiger partial charge in [-0.15, -0.1) is 0 Å². The highest BCUT2D eigenvalue weighted by atomic mass is 16.5. The molecule has 2 saturated heterocycles. The van der Waals surface area contributed by atoms with Gasteiger partial charge in [0.25, 0.3) is 5.91 Å². The number of hydrogen-bond acceptors (Lipinski definition) is 5. The highest BCUT2D eigenvalue weighted by Gasteiger charge is 2.39. The van der Waals surface area contributed by atoms with Gasteiger partial charge in [0.15, 0.2) is 0 Å². The number of morpholine rings is 1. The largest absolute Gasteiger partial charge is 0.489 e. The second-order valence-corrected chi connectivity index (χ2v) is 8.65. The summed E-state index contributed by atoms with van der Waals surface area (Å²) >= 11 is 0. The molecule has 8 nitrogen and oxygen atoms in total. The van der Waals surface area contributed by atoms with Crippen LogP contribution in [0.1, 0.15) is 42.6 Å². The van der Waals surface area contributed by atoms with Crippen LogP contribution in [0, 0.1) is 0 Å². The van der Waals surface area contributed by atoms with Gasteiger partial charge in [0.1, 0.15) is 25.0 Å². The van der Waals surface area contributed by atoms with Crippen molar-refractivity contribution in [2.24, 2.45) is 0 Å². The minimum absolute atomic E-state index is 0.0367. The first-order valence-corrected chi connectivity index (χ1v) is 11.3. The van der Waals surface area contributed by atoms with Crippen LogP contribution >= 0.6 is 0 Å². The van der Waals surface area contributed by atoms with E-state index in [0.717, 1.165) is 0 Å². The van der Waals surface area contributed by atoms with Crippen molar-refractivity contribution in [1.82, 2.24) is 15.1 Å². The normalized spacial score (nSPS) is 21.2. The van der Waals surface area contributed by atoms with Crippen LogP contribution < -0.4 is 10.1 Å². The van der Waals surface area contributed by atoms with Crippen molar-refractivity contribution in [3.63, 3.8) is 0 Å². The molecular formula is C26H27N3O5. The summed E-state index contributed by atoms with van der Waals surface area (Å²) in [6, 6.07) is 8.30. The number of benzene rings is 2. The fourth-order valence-corrected chi connectivity index (χ4v) is 4.47. The van der Waals surface area contributed by atoms with E-state index in [2.05, 4.69) is 11.9 Å². The van der Waals surface area contributed by atoms with Crippen LogP contribution in [0.2, 0.25) is 0 Å². The second-order valence-electron chi connectivity index (χ2n) is 8.65. The molecular weight excluding hydrogens is 434 g/mol. The standard InChI is InChI=1S/C26H27N3O5/c1-17-5-10-22(25(31)27-17)29-14-21-20(26(29)32)3-2-4-23(21)34-15-19-8-6-18(7-9-19)13-28-11-12-33-16-24(28)30/h2-4,6-9,22H,1,5,10-16H2,(H,27,31)/i6D,9D. The number of nitrogens with one attached hydrogen (secondary N) is 1. The summed E-state index contributed by atoms with van der Waals surface area (Å²) in [6.07, 6.45) is 1.15. The summed E-state index contributed by atoms with van der Waals surface area (Å²) in [7, 11) is 0. The third-order valence-electron chi connectivity index (χ3n) is 6.34. The van der Waals surface area contributed by atoms with E-state index in [1.807, 2.05) is 0 Å². The van der Waals surface area contributed by atoms with Gasteiger partial charge in [-0.1, -0.05) is 36.9 Å². The van der Waals surface area contributed by atoms with Crippen LogP contribution in [-0.2, 0) is 34.0 Å². The maximum absolute atomic E-state index is 13.0. The predicted octanol–water partition coefficient (Wildman–Crippen LogP) is 2.37. The maximum atomic E-state index is 13.0. The third-order valence-corrected chi connectivity index (χ3v) is 6.34. The lowest BCUT2D eigenvalue weighted by molar-refractivity contribution is -0.143. The van der Waals surface area contributed by atoms with Crippen molar-refractivity contribution in [3.05, 3.63) is 76.9 Å². The molecule has 3 amide bonds. The number of ether oxygens (including phenoxy) is 2. The number of piperidine rings is 1. The Labute approximate surface area is 200 Å². The van der Waals surface area contributed by atoms with E-state index in [4.69, 9.17) is 12.2 Å². The molecule has 0 aromatic heterocycles. The number of hydrogen-bond donors (Lipinski definition) is 1. The van der Waals surface area contributed by atoms with Crippen molar-refractivity contribution in [2.75, 3.05) is 19.8 Å². The fraction of sp³-hybridized carbons (Fsp3) is 0.346. The average Bonchev–Trinajstić information content (AvgIpc) is 3.18. The number of carbonyl (C=O) groups excluding carboxylic acids is 3. The zero-order chi connectivity index (χ0) is 25.4. The van der Waals surface area contributed by atoms with Crippen LogP contribution in [0.25, 0.3) is 0 Å². The monoisotopic (exact) mass is 463 g/mol. The molecule has 0 aliphatic carbocycles. The van der Waals surface area contributed by atoms with Crippen LogP contribution in [0.5, 0.6) is 5.75 Å². The number of fused-ring (bicyclic) bond motifs is 1. The predicted molar refractivity (Wildman–Crippen MR) is 124 cm³/mol. The topological polar surface area (TPSA) is 88.2 Å². The number of nitrogens with zero attached hydrogens (tertiary/aromatic N) is 2. The van der Waals surface area contributed by atoms with Gasteiger partial charge in [-0.3, -0.25) is 14.4 Å². The molecule has 8 heteroatoms. The van der Waals surface area contributed by atoms with Gasteiger partial charge in [0.05, 0.1) is 15.9 Å². The quantitative estimate of drug-likeness (QED) is 0.711. The Kier molecular flexibility index (Phi) is 5.42. The molecule has 1 unspecified atom stereocenters. The molecule has 1 N–H and O–H groups in total. The van der Waals surface area contributed by atoms with E-state index in [-0.39, 0.29) is 56.1 Å². The minimum Gasteiger partial charge on any atom is -0.489 e. The number of allylic oxidation sites excluding steroid dienone is 1. The highest BCUT2D eigenvalue weighted by molar-refractivity contribution is 6.02. The summed E-state index contributed by atoms with van der Waals surface area (Å²) in [4.78, 5) is 40.7. The Bertz CT molecular complexity index is 1260. The first-order chi connectivity index (χ1) is 17.3. The summed E-state index contributed by atoms with van der Waals surface area (Å²) in [5.74, 6) is -0.0510. The van der Waals surface area contributed by atoms with Gasteiger partial charge in [0.2, 0.25) is 11.8 Å². The van der Waals surface area contributed by atoms with Crippen molar-refractivity contribution >= 4 is 17.7 Å². The maximum Gasteiger partial charge on any atom is 0.255 e. The Balaban J connectivity index is 1.29. The van der Waals surface area contributed by atoms with Crippen LogP contribution in [0.15, 0.2) is 54.7 Å². The minimum atomic E-state index is -0.556. The zero-order valence-corrected chi connectivity index (χ0v) is 18.8. The third kappa shape index (κ3) is 4.41. The molecule has 0 saturated carbocycles. The van der Waals surface area contributed by atoms with Gasteiger partial charge in [0, 0.05) is 29.9 Å². The Morgan fingerprint density at radius 1 is 1.18 bits per heavy atom. The molecule has 0 bridgehead atoms. The summed E-state index contributed by atoms with van der Waals surface area (Å²) in [5.41, 5.74) is 2.99. The smallest absolute Gasteiger partial charge is 0.255 e. The molecule has 2 aromatic rings. The van der Waals surface area contributed by atoms with E-state index in [1.165, 1.54) is 0 Å². The van der Waals surface area contributed by atoms with Crippen LogP contribution in [-0.4, -0.2) is 53.3 Å². The lowest BCUT2D eigenvalue weighted by Crippen LogP contribution is -2.49. The number of rotatable bonds is 6. The molecule has 2 aromatic carbocycles. The second kappa shape index (κ2) is 9.30. The molecule has 3 aliphatic rings. The average molecular weight is 464 g/mol. The highest BCUT2D eigenvalue weighted by Crippen LogP contribution is 2.34. The summed E-state index contributed by atoms with van der Waals surface area (Å²) < 4.78 is 28.0. The van der Waals surface area contributed by atoms with E-state index in [1.54, 1.807) is 40.1 Å². The Morgan fingerprint density at radius 2 is 2.00 bits per heavy atom. The summed E-state index contributed by atoms with van der Waals surface area (Å²) in [6.45, 7) is 5.33. The van der Waals surface area contributed by atoms with Crippen LogP contribution in [0.4, 0.5) is 0 Å². The van der Waals surface area contributed by atoms with Gasteiger partial charge < -0.3 is 24.6 Å². The Hall–Kier alpha value is -3.65. The summed E-state index contributed by atoms with van der Waals surface area (Å²) in [5, 5.41) is 2.73. The van der Waals surface area contributed by atoms with Crippen molar-refractivity contribution in [2.45, 2.75) is 38.6 Å². The first kappa shape index (κ1) is 19.8. The van der Waals surface area contributed by atoms with Crippen molar-refractivity contribution in [1.29, 1.82) is 0 Å². The molecule has 3 heterocycles. The fourth-order valence-electron chi connectivity index (χ4n) is 4.47. The molecule has 5 rings (SSSR count). The van der Waals surface area contributed by atoms with Gasteiger partial charge in [-0.05, 0) is 36.1 Å². The van der Waals surface area contributed by atoms with E-state index >= 15 is 0 Å². The lowest BCUT2D eigenvalue weighted by Gasteiger charge is -2.31. The van der Waals surface area contributed by atoms with Gasteiger partial charge in [-0.25, -0.2) is 0 Å². The van der Waals surface area contributed by atoms with E-state index in [0.29, 0.717) is 59.7 Å². The first-order valence-electron chi connectivity index (χ1n) is 12.3. The molecule has 0 spiro atoms. The van der Waals surface area contributed by atoms with Crippen molar-refractivity contribution in [3.8, 4) is 5.75 Å². The van der Waals surface area contributed by atoms with E-state index in [9.17, 15) is 14.4 Å².